The van der Waals surface area contributed by atoms with Crippen LogP contribution in [0.15, 0.2) is 54.3 Å². The number of carbonyl (C=O) groups is 1. The molecule has 0 bridgehead atoms. The first-order valence-electron chi connectivity index (χ1n) is 10.1. The average molecular weight is 449 g/mol. The van der Waals surface area contributed by atoms with Crippen LogP contribution in [0.25, 0.3) is 0 Å². The number of nitrogens with zero attached hydrogens (tertiary/aromatic N) is 3. The van der Waals surface area contributed by atoms with Crippen molar-refractivity contribution in [1.82, 2.24) is 19.8 Å². The molecule has 2 rings (SSSR count). The molecule has 0 aliphatic rings. The van der Waals surface area contributed by atoms with Crippen molar-refractivity contribution in [2.24, 2.45) is 0 Å². The van der Waals surface area contributed by atoms with E-state index in [1.54, 1.807) is 46.9 Å². The van der Waals surface area contributed by atoms with E-state index in [0.717, 1.165) is 0 Å². The van der Waals surface area contributed by atoms with Gasteiger partial charge in [-0.15, -0.1) is 6.58 Å². The highest BCUT2D eigenvalue weighted by Gasteiger charge is 2.26. The van der Waals surface area contributed by atoms with E-state index in [1.807, 2.05) is 26.8 Å². The number of hydrogen-bond donors (Lipinski definition) is 1. The SMILES string of the molecule is C=CCN(Cc1cnc(S(=O)(=O)Cc2ccccc2)n1CCOC)C(=O)NC(C)(C)C. The van der Waals surface area contributed by atoms with Gasteiger partial charge in [0.2, 0.25) is 15.0 Å². The second-order valence-corrected chi connectivity index (χ2v) is 10.2. The zero-order valence-corrected chi connectivity index (χ0v) is 19.5. The number of sulfone groups is 1. The zero-order valence-electron chi connectivity index (χ0n) is 18.7. The molecule has 0 saturated carbocycles. The molecule has 2 aromatic rings. The smallest absolute Gasteiger partial charge is 0.318 e. The van der Waals surface area contributed by atoms with Crippen molar-refractivity contribution in [3.05, 3.63) is 60.4 Å². The molecule has 1 heterocycles. The minimum absolute atomic E-state index is 0.0295. The van der Waals surface area contributed by atoms with E-state index in [9.17, 15) is 13.2 Å². The van der Waals surface area contributed by atoms with Crippen molar-refractivity contribution in [3.8, 4) is 0 Å². The quantitative estimate of drug-likeness (QED) is 0.564. The molecule has 8 nitrogen and oxygen atoms in total. The molecule has 1 aromatic heterocycles. The molecule has 2 amide bonds. The largest absolute Gasteiger partial charge is 0.383 e. The topological polar surface area (TPSA) is 93.5 Å². The molecule has 1 N–H and O–H groups in total. The molecule has 0 saturated heterocycles. The van der Waals surface area contributed by atoms with Crippen LogP contribution >= 0.6 is 0 Å². The van der Waals surface area contributed by atoms with Crippen LogP contribution in [0.1, 0.15) is 32.0 Å². The van der Waals surface area contributed by atoms with Crippen molar-refractivity contribution in [1.29, 1.82) is 0 Å². The number of imidazole rings is 1. The molecule has 0 fully saturated rings. The fourth-order valence-corrected chi connectivity index (χ4v) is 4.53. The maximum Gasteiger partial charge on any atom is 0.318 e. The van der Waals surface area contributed by atoms with Gasteiger partial charge in [0.1, 0.15) is 0 Å². The van der Waals surface area contributed by atoms with Gasteiger partial charge < -0.3 is 19.5 Å². The van der Waals surface area contributed by atoms with E-state index in [1.165, 1.54) is 6.20 Å². The molecule has 1 aromatic carbocycles. The lowest BCUT2D eigenvalue weighted by atomic mass is 10.1. The van der Waals surface area contributed by atoms with Crippen LogP contribution in [0.3, 0.4) is 0 Å². The van der Waals surface area contributed by atoms with Gasteiger partial charge in [-0.1, -0.05) is 36.4 Å². The van der Waals surface area contributed by atoms with Gasteiger partial charge in [-0.2, -0.15) is 0 Å². The standard InChI is InChI=1S/C22H32N4O4S/c1-6-12-25(20(27)24-22(2,3)4)16-19-15-23-21(26(19)13-14-30-5)31(28,29)17-18-10-8-7-9-11-18/h6-11,15H,1,12-14,16-17H2,2-5H3,(H,24,27). The lowest BCUT2D eigenvalue weighted by Crippen LogP contribution is -2.48. The molecule has 31 heavy (non-hydrogen) atoms. The Hall–Kier alpha value is -2.65. The molecule has 0 aliphatic carbocycles. The number of amides is 2. The average Bonchev–Trinajstić information content (AvgIpc) is 3.08. The van der Waals surface area contributed by atoms with Crippen molar-refractivity contribution in [3.63, 3.8) is 0 Å². The number of benzene rings is 1. The number of methoxy groups -OCH3 is 1. The second-order valence-electron chi connectivity index (χ2n) is 8.27. The molecule has 0 spiro atoms. The van der Waals surface area contributed by atoms with Crippen molar-refractivity contribution in [2.45, 2.75) is 50.3 Å². The molecule has 0 aliphatic heterocycles. The zero-order chi connectivity index (χ0) is 23.1. The van der Waals surface area contributed by atoms with Crippen LogP contribution in [-0.2, 0) is 33.4 Å². The maximum absolute atomic E-state index is 13.1. The van der Waals surface area contributed by atoms with Crippen LogP contribution in [-0.4, -0.2) is 54.7 Å². The Labute approximate surface area is 184 Å². The van der Waals surface area contributed by atoms with E-state index in [-0.39, 0.29) is 23.5 Å². The summed E-state index contributed by atoms with van der Waals surface area (Å²) in [5.41, 5.74) is 0.884. The Balaban J connectivity index is 2.36. The number of rotatable bonds is 10. The fourth-order valence-electron chi connectivity index (χ4n) is 3.02. The summed E-state index contributed by atoms with van der Waals surface area (Å²) in [6, 6.07) is 8.71. The van der Waals surface area contributed by atoms with E-state index < -0.39 is 15.4 Å². The van der Waals surface area contributed by atoms with Gasteiger partial charge in [-0.3, -0.25) is 0 Å². The molecular formula is C22H32N4O4S. The lowest BCUT2D eigenvalue weighted by molar-refractivity contribution is 0.178. The molecular weight excluding hydrogens is 416 g/mol. The number of urea groups is 1. The van der Waals surface area contributed by atoms with Crippen LogP contribution in [0.4, 0.5) is 4.79 Å². The normalized spacial score (nSPS) is 11.9. The van der Waals surface area contributed by atoms with Crippen molar-refractivity contribution < 1.29 is 17.9 Å². The Kier molecular flexibility index (Phi) is 8.41. The number of carbonyl (C=O) groups excluding carboxylic acids is 1. The van der Waals surface area contributed by atoms with Gasteiger partial charge in [0.15, 0.2) is 0 Å². The minimum atomic E-state index is -3.69. The number of ether oxygens (including phenoxy) is 1. The van der Waals surface area contributed by atoms with Gasteiger partial charge in [0, 0.05) is 25.7 Å². The highest BCUT2D eigenvalue weighted by molar-refractivity contribution is 7.90. The first-order valence-corrected chi connectivity index (χ1v) is 11.7. The van der Waals surface area contributed by atoms with E-state index in [0.29, 0.717) is 31.0 Å². The van der Waals surface area contributed by atoms with E-state index in [2.05, 4.69) is 16.9 Å². The minimum Gasteiger partial charge on any atom is -0.383 e. The second kappa shape index (κ2) is 10.6. The lowest BCUT2D eigenvalue weighted by Gasteiger charge is -2.28. The van der Waals surface area contributed by atoms with Crippen molar-refractivity contribution in [2.75, 3.05) is 20.3 Å². The highest BCUT2D eigenvalue weighted by Crippen LogP contribution is 2.19. The van der Waals surface area contributed by atoms with Crippen LogP contribution in [0.5, 0.6) is 0 Å². The molecule has 9 heteroatoms. The highest BCUT2D eigenvalue weighted by atomic mass is 32.2. The summed E-state index contributed by atoms with van der Waals surface area (Å²) < 4.78 is 33.0. The van der Waals surface area contributed by atoms with E-state index in [4.69, 9.17) is 4.74 Å². The first kappa shape index (κ1) is 24.6. The summed E-state index contributed by atoms with van der Waals surface area (Å²) in [5, 5.41) is 2.89. The van der Waals surface area contributed by atoms with Gasteiger partial charge in [0.05, 0.1) is 30.8 Å². The first-order chi connectivity index (χ1) is 14.6. The number of nitrogens with one attached hydrogen (secondary N) is 1. The van der Waals surface area contributed by atoms with Gasteiger partial charge in [-0.25, -0.2) is 18.2 Å². The summed E-state index contributed by atoms with van der Waals surface area (Å²) >= 11 is 0. The summed E-state index contributed by atoms with van der Waals surface area (Å²) in [4.78, 5) is 18.5. The number of hydrogen-bond acceptors (Lipinski definition) is 5. The predicted molar refractivity (Wildman–Crippen MR) is 120 cm³/mol. The van der Waals surface area contributed by atoms with Crippen LogP contribution in [0, 0.1) is 0 Å². The predicted octanol–water partition coefficient (Wildman–Crippen LogP) is 3.00. The summed E-state index contributed by atoms with van der Waals surface area (Å²) in [5.74, 6) is -0.155. The molecule has 0 radical (unpaired) electrons. The molecule has 0 unspecified atom stereocenters. The van der Waals surface area contributed by atoms with Gasteiger partial charge >= 0.3 is 6.03 Å². The fraction of sp³-hybridized carbons (Fsp3) is 0.455. The summed E-state index contributed by atoms with van der Waals surface area (Å²) in [7, 11) is -2.14. The Morgan fingerprint density at radius 1 is 1.29 bits per heavy atom. The summed E-state index contributed by atoms with van der Waals surface area (Å²) in [6.45, 7) is 10.5. The Morgan fingerprint density at radius 3 is 2.55 bits per heavy atom. The van der Waals surface area contributed by atoms with Gasteiger partial charge in [-0.05, 0) is 26.3 Å². The number of aromatic nitrogens is 2. The van der Waals surface area contributed by atoms with Crippen molar-refractivity contribution >= 4 is 15.9 Å². The van der Waals surface area contributed by atoms with Crippen LogP contribution < -0.4 is 5.32 Å². The molecule has 0 atom stereocenters. The third-order valence-electron chi connectivity index (χ3n) is 4.37. The van der Waals surface area contributed by atoms with Gasteiger partial charge in [0.25, 0.3) is 0 Å². The third-order valence-corrected chi connectivity index (χ3v) is 5.97. The Morgan fingerprint density at radius 2 is 1.97 bits per heavy atom. The van der Waals surface area contributed by atoms with Crippen LogP contribution in [0.2, 0.25) is 0 Å². The Bertz CT molecular complexity index is 979. The monoisotopic (exact) mass is 448 g/mol. The summed E-state index contributed by atoms with van der Waals surface area (Å²) in [6.07, 6.45) is 3.14. The van der Waals surface area contributed by atoms with E-state index >= 15 is 0 Å². The maximum atomic E-state index is 13.1. The molecule has 170 valence electrons. The third kappa shape index (κ3) is 7.22.